The van der Waals surface area contributed by atoms with Crippen molar-refractivity contribution in [1.29, 1.82) is 0 Å². The van der Waals surface area contributed by atoms with Crippen LogP contribution in [0.3, 0.4) is 0 Å². The Kier molecular flexibility index (Phi) is 7.36. The van der Waals surface area contributed by atoms with Crippen LogP contribution in [0.4, 0.5) is 26.3 Å². The molecule has 0 spiro atoms. The molecule has 0 atom stereocenters. The lowest BCUT2D eigenvalue weighted by atomic mass is 10.1. The van der Waals surface area contributed by atoms with Crippen molar-refractivity contribution in [3.05, 3.63) is 59.7 Å². The van der Waals surface area contributed by atoms with Gasteiger partial charge in [-0.1, -0.05) is 18.2 Å². The van der Waals surface area contributed by atoms with E-state index in [-0.39, 0.29) is 11.3 Å². The third kappa shape index (κ3) is 7.69. The number of allylic oxidation sites excluding steroid dienone is 1. The first kappa shape index (κ1) is 23.1. The summed E-state index contributed by atoms with van der Waals surface area (Å²) in [5.41, 5.74) is 0.183. The summed E-state index contributed by atoms with van der Waals surface area (Å²) in [6.45, 7) is -3.29. The van der Waals surface area contributed by atoms with Crippen LogP contribution in [0.5, 0.6) is 17.2 Å². The number of benzene rings is 2. The molecule has 0 aromatic heterocycles. The molecule has 162 valence electrons. The summed E-state index contributed by atoms with van der Waals surface area (Å²) >= 11 is 0. The van der Waals surface area contributed by atoms with Crippen LogP contribution in [0, 0.1) is 0 Å². The van der Waals surface area contributed by atoms with Crippen LogP contribution < -0.4 is 14.2 Å². The standard InChI is InChI=1S/C20H16F6O4/c1-28-14-4-2-3-13(9-14)5-7-17(27)16-10-15(29-11-19(21,22)23)6-8-18(16)30-12-20(24,25)26/h2-10H,11-12H2,1H3/b7-5+. The van der Waals surface area contributed by atoms with Gasteiger partial charge in [0.1, 0.15) is 17.2 Å². The van der Waals surface area contributed by atoms with Gasteiger partial charge < -0.3 is 14.2 Å². The molecular weight excluding hydrogens is 418 g/mol. The lowest BCUT2D eigenvalue weighted by molar-refractivity contribution is -0.154. The molecule has 0 aliphatic rings. The molecule has 0 N–H and O–H groups in total. The number of ketones is 1. The van der Waals surface area contributed by atoms with E-state index in [4.69, 9.17) is 4.74 Å². The Balaban J connectivity index is 2.29. The molecule has 2 rings (SSSR count). The second-order valence-corrected chi connectivity index (χ2v) is 5.94. The Morgan fingerprint density at radius 3 is 2.20 bits per heavy atom. The number of carbonyl (C=O) groups is 1. The zero-order valence-corrected chi connectivity index (χ0v) is 15.5. The molecule has 0 bridgehead atoms. The number of carbonyl (C=O) groups excluding carboxylic acids is 1. The van der Waals surface area contributed by atoms with E-state index >= 15 is 0 Å². The first-order chi connectivity index (χ1) is 14.0. The van der Waals surface area contributed by atoms with E-state index in [1.54, 1.807) is 24.3 Å². The van der Waals surface area contributed by atoms with Gasteiger partial charge in [-0.15, -0.1) is 0 Å². The Bertz CT molecular complexity index is 903. The molecule has 30 heavy (non-hydrogen) atoms. The minimum atomic E-state index is -4.66. The fraction of sp³-hybridized carbons (Fsp3) is 0.250. The van der Waals surface area contributed by atoms with Gasteiger partial charge in [0.05, 0.1) is 12.7 Å². The maximum Gasteiger partial charge on any atom is 0.422 e. The van der Waals surface area contributed by atoms with Crippen molar-refractivity contribution in [3.8, 4) is 17.2 Å². The summed E-state index contributed by atoms with van der Waals surface area (Å²) in [7, 11) is 1.45. The van der Waals surface area contributed by atoms with E-state index in [1.807, 2.05) is 0 Å². The lowest BCUT2D eigenvalue weighted by Crippen LogP contribution is -2.21. The van der Waals surface area contributed by atoms with E-state index in [0.717, 1.165) is 24.3 Å². The SMILES string of the molecule is COc1cccc(/C=C/C(=O)c2cc(OCC(F)(F)F)ccc2OCC(F)(F)F)c1. The highest BCUT2D eigenvalue weighted by molar-refractivity contribution is 6.08. The summed E-state index contributed by atoms with van der Waals surface area (Å²) in [6.07, 6.45) is -6.86. The van der Waals surface area contributed by atoms with Gasteiger partial charge in [-0.05, 0) is 42.0 Å². The quantitative estimate of drug-likeness (QED) is 0.314. The highest BCUT2D eigenvalue weighted by Gasteiger charge is 2.30. The summed E-state index contributed by atoms with van der Waals surface area (Å²) in [5.74, 6) is -1.05. The van der Waals surface area contributed by atoms with Crippen molar-refractivity contribution >= 4 is 11.9 Å². The fourth-order valence-corrected chi connectivity index (χ4v) is 2.25. The van der Waals surface area contributed by atoms with Gasteiger partial charge in [-0.25, -0.2) is 0 Å². The van der Waals surface area contributed by atoms with Gasteiger partial charge in [0.2, 0.25) is 0 Å². The topological polar surface area (TPSA) is 44.8 Å². The van der Waals surface area contributed by atoms with Crippen LogP contribution in [0.2, 0.25) is 0 Å². The summed E-state index contributed by atoms with van der Waals surface area (Å²) in [4.78, 5) is 12.5. The number of hydrogen-bond donors (Lipinski definition) is 0. The number of rotatable bonds is 8. The van der Waals surface area contributed by atoms with Gasteiger partial charge in [-0.2, -0.15) is 26.3 Å². The van der Waals surface area contributed by atoms with Crippen molar-refractivity contribution in [2.75, 3.05) is 20.3 Å². The Hall–Kier alpha value is -3.17. The average Bonchev–Trinajstić information content (AvgIpc) is 2.68. The number of methoxy groups -OCH3 is 1. The zero-order valence-electron chi connectivity index (χ0n) is 15.5. The van der Waals surface area contributed by atoms with Crippen LogP contribution >= 0.6 is 0 Å². The Morgan fingerprint density at radius 1 is 0.900 bits per heavy atom. The number of halogens is 6. The highest BCUT2D eigenvalue weighted by Crippen LogP contribution is 2.28. The second-order valence-electron chi connectivity index (χ2n) is 5.94. The second kappa shape index (κ2) is 9.55. The van der Waals surface area contributed by atoms with Crippen molar-refractivity contribution < 1.29 is 45.3 Å². The molecule has 0 fully saturated rings. The minimum Gasteiger partial charge on any atom is -0.497 e. The van der Waals surface area contributed by atoms with Crippen LogP contribution in [0.15, 0.2) is 48.5 Å². The van der Waals surface area contributed by atoms with E-state index in [1.165, 1.54) is 13.2 Å². The molecule has 0 saturated heterocycles. The summed E-state index contributed by atoms with van der Waals surface area (Å²) in [5, 5.41) is 0. The highest BCUT2D eigenvalue weighted by atomic mass is 19.4. The molecule has 0 aliphatic carbocycles. The maximum atomic E-state index is 12.5. The van der Waals surface area contributed by atoms with E-state index in [9.17, 15) is 31.1 Å². The number of ether oxygens (including phenoxy) is 3. The van der Waals surface area contributed by atoms with E-state index in [0.29, 0.717) is 11.3 Å². The smallest absolute Gasteiger partial charge is 0.422 e. The lowest BCUT2D eigenvalue weighted by Gasteiger charge is -2.14. The van der Waals surface area contributed by atoms with Crippen LogP contribution in [0.25, 0.3) is 6.08 Å². The van der Waals surface area contributed by atoms with E-state index < -0.39 is 37.1 Å². The molecule has 2 aromatic rings. The van der Waals surface area contributed by atoms with Crippen molar-refractivity contribution in [2.24, 2.45) is 0 Å². The molecule has 0 amide bonds. The molecular formula is C20H16F6O4. The van der Waals surface area contributed by atoms with Gasteiger partial charge in [0, 0.05) is 0 Å². The molecule has 10 heteroatoms. The third-order valence-corrected chi connectivity index (χ3v) is 3.53. The molecule has 0 radical (unpaired) electrons. The van der Waals surface area contributed by atoms with Crippen molar-refractivity contribution in [3.63, 3.8) is 0 Å². The van der Waals surface area contributed by atoms with E-state index in [2.05, 4.69) is 9.47 Å². The van der Waals surface area contributed by atoms with Crippen LogP contribution in [-0.2, 0) is 0 Å². The predicted molar refractivity (Wildman–Crippen MR) is 95.9 cm³/mol. The first-order valence-electron chi connectivity index (χ1n) is 8.36. The largest absolute Gasteiger partial charge is 0.497 e. The number of hydrogen-bond acceptors (Lipinski definition) is 4. The van der Waals surface area contributed by atoms with Crippen molar-refractivity contribution in [2.45, 2.75) is 12.4 Å². The molecule has 0 heterocycles. The van der Waals surface area contributed by atoms with Gasteiger partial charge in [0.15, 0.2) is 19.0 Å². The van der Waals surface area contributed by atoms with Gasteiger partial charge >= 0.3 is 12.4 Å². The van der Waals surface area contributed by atoms with Crippen LogP contribution in [-0.4, -0.2) is 38.5 Å². The normalized spacial score (nSPS) is 12.1. The average molecular weight is 434 g/mol. The zero-order chi connectivity index (χ0) is 22.4. The van der Waals surface area contributed by atoms with Crippen molar-refractivity contribution in [1.82, 2.24) is 0 Å². The molecule has 0 aliphatic heterocycles. The summed E-state index contributed by atoms with van der Waals surface area (Å²) in [6, 6.07) is 9.42. The van der Waals surface area contributed by atoms with Crippen LogP contribution in [0.1, 0.15) is 15.9 Å². The predicted octanol–water partition coefficient (Wildman–Crippen LogP) is 5.47. The van der Waals surface area contributed by atoms with Gasteiger partial charge in [0.25, 0.3) is 0 Å². The Labute approximate surface area is 167 Å². The third-order valence-electron chi connectivity index (χ3n) is 3.53. The summed E-state index contributed by atoms with van der Waals surface area (Å²) < 4.78 is 88.6. The fourth-order valence-electron chi connectivity index (χ4n) is 2.25. The maximum absolute atomic E-state index is 12.5. The molecule has 0 unspecified atom stereocenters. The van der Waals surface area contributed by atoms with Gasteiger partial charge in [-0.3, -0.25) is 4.79 Å². The molecule has 0 saturated carbocycles. The Morgan fingerprint density at radius 2 is 1.57 bits per heavy atom. The first-order valence-corrected chi connectivity index (χ1v) is 8.36. The minimum absolute atomic E-state index is 0.343. The molecule has 4 nitrogen and oxygen atoms in total. The monoisotopic (exact) mass is 434 g/mol. The molecule has 2 aromatic carbocycles. The number of alkyl halides is 6.